The first kappa shape index (κ1) is 14.8. The summed E-state index contributed by atoms with van der Waals surface area (Å²) in [5.41, 5.74) is 0.405. The highest BCUT2D eigenvalue weighted by Gasteiger charge is 2.36. The molecule has 0 radical (unpaired) electrons. The normalized spacial score (nSPS) is 15.1. The monoisotopic (exact) mass is 308 g/mol. The second-order valence-electron chi connectivity index (χ2n) is 5.64. The first-order valence-electron chi connectivity index (χ1n) is 7.06. The Morgan fingerprint density at radius 2 is 1.95 bits per heavy atom. The van der Waals surface area contributed by atoms with Crippen LogP contribution in [-0.2, 0) is 6.18 Å². The molecule has 3 nitrogen and oxygen atoms in total. The minimum atomic E-state index is -4.50. The zero-order valence-corrected chi connectivity index (χ0v) is 12.2. The van der Waals surface area contributed by atoms with E-state index in [1.807, 2.05) is 0 Å². The van der Waals surface area contributed by atoms with Crippen LogP contribution in [-0.4, -0.2) is 17.9 Å². The van der Waals surface area contributed by atoms with Gasteiger partial charge >= 0.3 is 6.18 Å². The number of rotatable bonds is 2. The molecule has 6 heteroatoms. The predicted molar refractivity (Wildman–Crippen MR) is 76.8 cm³/mol. The number of hydrogen-bond donors (Lipinski definition) is 1. The molecule has 2 aromatic rings. The van der Waals surface area contributed by atoms with Crippen LogP contribution in [0.25, 0.3) is 10.9 Å². The fraction of sp³-hybridized carbons (Fsp3) is 0.375. The molecule has 0 spiro atoms. The average Bonchev–Trinajstić information content (AvgIpc) is 3.29. The van der Waals surface area contributed by atoms with E-state index in [4.69, 9.17) is 0 Å². The first-order valence-corrected chi connectivity index (χ1v) is 7.06. The highest BCUT2D eigenvalue weighted by atomic mass is 19.4. The topological polar surface area (TPSA) is 42.0 Å². The van der Waals surface area contributed by atoms with Crippen molar-refractivity contribution in [2.45, 2.75) is 31.9 Å². The molecule has 0 saturated heterocycles. The summed E-state index contributed by atoms with van der Waals surface area (Å²) in [6.07, 6.45) is -2.65. The van der Waals surface area contributed by atoms with Crippen molar-refractivity contribution in [3.8, 4) is 0 Å². The van der Waals surface area contributed by atoms with Crippen molar-refractivity contribution in [2.24, 2.45) is 0 Å². The Bertz CT molecular complexity index is 764. The highest BCUT2D eigenvalue weighted by Crippen LogP contribution is 2.44. The van der Waals surface area contributed by atoms with Crippen LogP contribution in [0.4, 0.5) is 13.2 Å². The van der Waals surface area contributed by atoms with E-state index in [1.165, 1.54) is 19.2 Å². The maximum Gasteiger partial charge on any atom is 0.418 e. The quantitative estimate of drug-likeness (QED) is 0.917. The summed E-state index contributed by atoms with van der Waals surface area (Å²) in [7, 11) is 1.42. The van der Waals surface area contributed by atoms with E-state index in [1.54, 1.807) is 13.0 Å². The van der Waals surface area contributed by atoms with E-state index in [9.17, 15) is 18.0 Å². The van der Waals surface area contributed by atoms with Gasteiger partial charge in [0.05, 0.1) is 11.1 Å². The van der Waals surface area contributed by atoms with E-state index < -0.39 is 17.6 Å². The maximum atomic E-state index is 13.4. The summed E-state index contributed by atoms with van der Waals surface area (Å²) < 4.78 is 40.2. The van der Waals surface area contributed by atoms with Crippen LogP contribution in [0.3, 0.4) is 0 Å². The number of nitrogens with one attached hydrogen (secondary N) is 1. The third-order valence-electron chi connectivity index (χ3n) is 3.96. The number of halogens is 3. The molecule has 1 aromatic carbocycles. The molecule has 1 aliphatic carbocycles. The lowest BCUT2D eigenvalue weighted by Gasteiger charge is -2.14. The van der Waals surface area contributed by atoms with Gasteiger partial charge in [0.25, 0.3) is 5.91 Å². The summed E-state index contributed by atoms with van der Waals surface area (Å²) >= 11 is 0. The van der Waals surface area contributed by atoms with E-state index in [2.05, 4.69) is 10.3 Å². The van der Waals surface area contributed by atoms with E-state index in [0.29, 0.717) is 16.5 Å². The molecule has 1 saturated carbocycles. The molecule has 1 amide bonds. The van der Waals surface area contributed by atoms with Crippen molar-refractivity contribution in [3.63, 3.8) is 0 Å². The van der Waals surface area contributed by atoms with Crippen molar-refractivity contribution in [1.29, 1.82) is 0 Å². The van der Waals surface area contributed by atoms with Gasteiger partial charge in [-0.15, -0.1) is 0 Å². The maximum absolute atomic E-state index is 13.4. The van der Waals surface area contributed by atoms with Crippen LogP contribution in [0.5, 0.6) is 0 Å². The molecule has 0 unspecified atom stereocenters. The van der Waals surface area contributed by atoms with Crippen LogP contribution < -0.4 is 5.32 Å². The third kappa shape index (κ3) is 2.53. The molecular formula is C16H15F3N2O. The molecule has 0 aliphatic heterocycles. The highest BCUT2D eigenvalue weighted by molar-refractivity contribution is 5.96. The Hall–Kier alpha value is -2.11. The van der Waals surface area contributed by atoms with Crippen LogP contribution in [0.2, 0.25) is 0 Å². The van der Waals surface area contributed by atoms with Crippen molar-refractivity contribution in [1.82, 2.24) is 10.3 Å². The third-order valence-corrected chi connectivity index (χ3v) is 3.96. The predicted octanol–water partition coefficient (Wildman–Crippen LogP) is 3.80. The van der Waals surface area contributed by atoms with E-state index in [-0.39, 0.29) is 17.1 Å². The Kier molecular flexibility index (Phi) is 3.34. The molecule has 1 N–H and O–H groups in total. The SMILES string of the molecule is CNC(=O)c1cc(C)c2cc(C3CC3)cc(C(F)(F)F)c2n1. The number of aromatic nitrogens is 1. The molecule has 0 atom stereocenters. The Balaban J connectivity index is 2.31. The van der Waals surface area contributed by atoms with Crippen LogP contribution in [0.1, 0.15) is 45.9 Å². The number of benzene rings is 1. The van der Waals surface area contributed by atoms with Gasteiger partial charge in [-0.2, -0.15) is 13.2 Å². The molecular weight excluding hydrogens is 293 g/mol. The number of aryl methyl sites for hydroxylation is 1. The van der Waals surface area contributed by atoms with Gasteiger partial charge < -0.3 is 5.32 Å². The minimum Gasteiger partial charge on any atom is -0.354 e. The number of carbonyl (C=O) groups is 1. The van der Waals surface area contributed by atoms with Crippen LogP contribution >= 0.6 is 0 Å². The number of nitrogens with zero attached hydrogens (tertiary/aromatic N) is 1. The number of alkyl halides is 3. The fourth-order valence-corrected chi connectivity index (χ4v) is 2.63. The minimum absolute atomic E-state index is 0.00262. The summed E-state index contributed by atoms with van der Waals surface area (Å²) in [5.74, 6) is -0.284. The summed E-state index contributed by atoms with van der Waals surface area (Å²) in [4.78, 5) is 15.7. The lowest BCUT2D eigenvalue weighted by molar-refractivity contribution is -0.136. The molecule has 116 valence electrons. The molecule has 22 heavy (non-hydrogen) atoms. The number of pyridine rings is 1. The Labute approximate surface area is 125 Å². The molecule has 3 rings (SSSR count). The van der Waals surface area contributed by atoms with Crippen molar-refractivity contribution in [3.05, 3.63) is 40.6 Å². The number of fused-ring (bicyclic) bond motifs is 1. The summed E-state index contributed by atoms with van der Waals surface area (Å²) in [5, 5.41) is 2.85. The van der Waals surface area contributed by atoms with Gasteiger partial charge in [0, 0.05) is 12.4 Å². The average molecular weight is 308 g/mol. The van der Waals surface area contributed by atoms with Crippen LogP contribution in [0.15, 0.2) is 18.2 Å². The van der Waals surface area contributed by atoms with Crippen molar-refractivity contribution < 1.29 is 18.0 Å². The number of hydrogen-bond acceptors (Lipinski definition) is 2. The number of amides is 1. The van der Waals surface area contributed by atoms with Gasteiger partial charge in [0.2, 0.25) is 0 Å². The lowest BCUT2D eigenvalue weighted by Crippen LogP contribution is -2.20. The zero-order chi connectivity index (χ0) is 16.1. The zero-order valence-electron chi connectivity index (χ0n) is 12.2. The Morgan fingerprint density at radius 1 is 1.27 bits per heavy atom. The number of carbonyl (C=O) groups excluding carboxylic acids is 1. The van der Waals surface area contributed by atoms with E-state index >= 15 is 0 Å². The van der Waals surface area contributed by atoms with Gasteiger partial charge in [-0.1, -0.05) is 0 Å². The van der Waals surface area contributed by atoms with E-state index in [0.717, 1.165) is 12.8 Å². The molecule has 1 fully saturated rings. The molecule has 0 bridgehead atoms. The van der Waals surface area contributed by atoms with Gasteiger partial charge in [0.15, 0.2) is 0 Å². The van der Waals surface area contributed by atoms with Crippen molar-refractivity contribution in [2.75, 3.05) is 7.05 Å². The second-order valence-corrected chi connectivity index (χ2v) is 5.64. The molecule has 1 aliphatic rings. The standard InChI is InChI=1S/C16H15F3N2O/c1-8-5-13(15(22)20-2)21-14-11(8)6-10(9-3-4-9)7-12(14)16(17,18)19/h5-7,9H,3-4H2,1-2H3,(H,20,22). The summed E-state index contributed by atoms with van der Waals surface area (Å²) in [6.45, 7) is 1.70. The largest absolute Gasteiger partial charge is 0.418 e. The Morgan fingerprint density at radius 3 is 2.50 bits per heavy atom. The van der Waals surface area contributed by atoms with Crippen molar-refractivity contribution >= 4 is 16.8 Å². The summed E-state index contributed by atoms with van der Waals surface area (Å²) in [6, 6.07) is 4.48. The van der Waals surface area contributed by atoms with Gasteiger partial charge in [-0.3, -0.25) is 4.79 Å². The lowest BCUT2D eigenvalue weighted by atomic mass is 9.98. The van der Waals surface area contributed by atoms with Gasteiger partial charge in [-0.05, 0) is 55.0 Å². The smallest absolute Gasteiger partial charge is 0.354 e. The second kappa shape index (κ2) is 4.97. The molecule has 1 aromatic heterocycles. The fourth-order valence-electron chi connectivity index (χ4n) is 2.63. The van der Waals surface area contributed by atoms with Crippen LogP contribution in [0, 0.1) is 6.92 Å². The first-order chi connectivity index (χ1) is 10.3. The molecule has 1 heterocycles. The van der Waals surface area contributed by atoms with Gasteiger partial charge in [-0.25, -0.2) is 4.98 Å². The van der Waals surface area contributed by atoms with Gasteiger partial charge in [0.1, 0.15) is 5.69 Å².